The van der Waals surface area contributed by atoms with Gasteiger partial charge in [-0.25, -0.2) is 9.97 Å². The van der Waals surface area contributed by atoms with E-state index in [9.17, 15) is 9.90 Å². The molecule has 2 fully saturated rings. The number of halogens is 1. The molecule has 2 bridgehead atoms. The third-order valence-corrected chi connectivity index (χ3v) is 6.21. The molecule has 2 aromatic carbocycles. The second kappa shape index (κ2) is 8.85. The van der Waals surface area contributed by atoms with Gasteiger partial charge in [0.25, 0.3) is 0 Å². The third kappa shape index (κ3) is 4.45. The highest BCUT2D eigenvalue weighted by molar-refractivity contribution is 9.10. The number of nitrogens with one attached hydrogen (secondary N) is 2. The largest absolute Gasteiger partial charge is 0.506 e. The molecule has 0 aliphatic carbocycles. The van der Waals surface area contributed by atoms with E-state index in [4.69, 9.17) is 4.74 Å². The summed E-state index contributed by atoms with van der Waals surface area (Å²) in [5, 5.41) is 17.1. The Balaban J connectivity index is 1.31. The number of hydrogen-bond donors (Lipinski definition) is 3. The number of aromatic hydroxyl groups is 1. The molecule has 8 nitrogen and oxygen atoms in total. The topological polar surface area (TPSA) is 99.6 Å². The molecule has 3 aromatic rings. The SMILES string of the molecule is O=C(/C=C/CN1CC2CC1CO2)Nc1cc2c(Nc3cccc(Br)c3)ncnc2cc1O. The number of likely N-dealkylation sites (tertiary alicyclic amines) is 1. The Morgan fingerprint density at radius 1 is 1.31 bits per heavy atom. The Bertz CT molecular complexity index is 1200. The van der Waals surface area contributed by atoms with Gasteiger partial charge in [0.1, 0.15) is 17.9 Å². The highest BCUT2D eigenvalue weighted by atomic mass is 79.9. The standard InChI is InChI=1S/C23H22BrN5O3/c24-14-3-1-4-15(7-14)27-23-18-9-20(21(30)10-19(18)25-13-26-23)28-22(31)5-2-6-29-11-17-8-16(29)12-32-17/h1-5,7,9-10,13,16-17,30H,6,8,11-12H2,(H,28,31)(H,25,26,27)/b5-2+. The summed E-state index contributed by atoms with van der Waals surface area (Å²) in [4.78, 5) is 23.3. The number of phenols is 1. The molecule has 3 N–H and O–H groups in total. The number of fused-ring (bicyclic) bond motifs is 3. The van der Waals surface area contributed by atoms with Gasteiger partial charge in [-0.15, -0.1) is 0 Å². The van der Waals surface area contributed by atoms with E-state index in [0.717, 1.165) is 29.7 Å². The summed E-state index contributed by atoms with van der Waals surface area (Å²) in [6, 6.07) is 11.3. The van der Waals surface area contributed by atoms with Gasteiger partial charge in [0, 0.05) is 46.8 Å². The van der Waals surface area contributed by atoms with Crippen molar-refractivity contribution in [3.05, 3.63) is 59.4 Å². The molecule has 2 unspecified atom stereocenters. The van der Waals surface area contributed by atoms with Crippen LogP contribution in [0.5, 0.6) is 5.75 Å². The Kier molecular flexibility index (Phi) is 5.77. The fourth-order valence-corrected chi connectivity index (χ4v) is 4.57. The summed E-state index contributed by atoms with van der Waals surface area (Å²) in [5.41, 5.74) is 1.71. The van der Waals surface area contributed by atoms with Gasteiger partial charge in [0.05, 0.1) is 23.9 Å². The molecule has 2 aliphatic rings. The highest BCUT2D eigenvalue weighted by Gasteiger charge is 2.38. The van der Waals surface area contributed by atoms with E-state index in [-0.39, 0.29) is 11.7 Å². The summed E-state index contributed by atoms with van der Waals surface area (Å²) in [5.74, 6) is 0.212. The molecule has 2 aliphatic heterocycles. The zero-order chi connectivity index (χ0) is 22.1. The van der Waals surface area contributed by atoms with Gasteiger partial charge in [-0.05, 0) is 30.7 Å². The van der Waals surface area contributed by atoms with Crippen molar-refractivity contribution in [2.45, 2.75) is 18.6 Å². The zero-order valence-electron chi connectivity index (χ0n) is 17.2. The van der Waals surface area contributed by atoms with Crippen LogP contribution in [0.3, 0.4) is 0 Å². The van der Waals surface area contributed by atoms with Gasteiger partial charge < -0.3 is 20.5 Å². The van der Waals surface area contributed by atoms with Crippen molar-refractivity contribution < 1.29 is 14.6 Å². The summed E-state index contributed by atoms with van der Waals surface area (Å²) in [6.45, 7) is 2.39. The molecular formula is C23H22BrN5O3. The van der Waals surface area contributed by atoms with E-state index in [1.165, 1.54) is 18.5 Å². The highest BCUT2D eigenvalue weighted by Crippen LogP contribution is 2.33. The molecule has 32 heavy (non-hydrogen) atoms. The summed E-state index contributed by atoms with van der Waals surface area (Å²) < 4.78 is 6.54. The van der Waals surface area contributed by atoms with Crippen LogP contribution in [0.15, 0.2) is 59.4 Å². The van der Waals surface area contributed by atoms with Gasteiger partial charge in [-0.3, -0.25) is 9.69 Å². The first-order valence-corrected chi connectivity index (χ1v) is 11.2. The molecule has 0 saturated carbocycles. The van der Waals surface area contributed by atoms with Gasteiger partial charge in [-0.1, -0.05) is 28.1 Å². The number of anilines is 3. The Morgan fingerprint density at radius 2 is 2.22 bits per heavy atom. The van der Waals surface area contributed by atoms with Crippen LogP contribution in [0.25, 0.3) is 10.9 Å². The van der Waals surface area contributed by atoms with Crippen LogP contribution >= 0.6 is 15.9 Å². The van der Waals surface area contributed by atoms with Crippen LogP contribution in [0, 0.1) is 0 Å². The van der Waals surface area contributed by atoms with Crippen molar-refractivity contribution in [2.24, 2.45) is 0 Å². The van der Waals surface area contributed by atoms with Crippen LogP contribution in [0.1, 0.15) is 6.42 Å². The van der Waals surface area contributed by atoms with Gasteiger partial charge in [0.15, 0.2) is 0 Å². The molecule has 1 amide bonds. The zero-order valence-corrected chi connectivity index (χ0v) is 18.7. The third-order valence-electron chi connectivity index (χ3n) is 5.72. The van der Waals surface area contributed by atoms with Crippen molar-refractivity contribution in [1.82, 2.24) is 14.9 Å². The lowest BCUT2D eigenvalue weighted by atomic mass is 10.2. The fourth-order valence-electron chi connectivity index (χ4n) is 4.17. The van der Waals surface area contributed by atoms with Crippen molar-refractivity contribution in [1.29, 1.82) is 0 Å². The maximum absolute atomic E-state index is 12.4. The van der Waals surface area contributed by atoms with Crippen molar-refractivity contribution >= 4 is 49.9 Å². The predicted molar refractivity (Wildman–Crippen MR) is 126 cm³/mol. The fraction of sp³-hybridized carbons (Fsp3) is 0.261. The van der Waals surface area contributed by atoms with Crippen LogP contribution in [-0.2, 0) is 9.53 Å². The molecule has 1 aromatic heterocycles. The number of hydrogen-bond acceptors (Lipinski definition) is 7. The van der Waals surface area contributed by atoms with E-state index in [1.54, 1.807) is 6.07 Å². The lowest BCUT2D eigenvalue weighted by Crippen LogP contribution is -2.36. The number of nitrogens with zero attached hydrogens (tertiary/aromatic N) is 3. The van der Waals surface area contributed by atoms with Gasteiger partial charge in [0.2, 0.25) is 5.91 Å². The number of carbonyl (C=O) groups excluding carboxylic acids is 1. The molecule has 2 atom stereocenters. The number of aromatic nitrogens is 2. The van der Waals surface area contributed by atoms with Crippen molar-refractivity contribution in [3.63, 3.8) is 0 Å². The van der Waals surface area contributed by atoms with E-state index < -0.39 is 0 Å². The smallest absolute Gasteiger partial charge is 0.248 e. The first kappa shape index (κ1) is 20.9. The minimum atomic E-state index is -0.307. The van der Waals surface area contributed by atoms with Gasteiger partial charge in [-0.2, -0.15) is 0 Å². The second-order valence-corrected chi connectivity index (χ2v) is 8.85. The average molecular weight is 496 g/mol. The number of morpholine rings is 1. The van der Waals surface area contributed by atoms with Crippen LogP contribution in [0.4, 0.5) is 17.2 Å². The monoisotopic (exact) mass is 495 g/mol. The summed E-state index contributed by atoms with van der Waals surface area (Å²) >= 11 is 3.46. The number of benzene rings is 2. The molecular weight excluding hydrogens is 474 g/mol. The molecule has 5 rings (SSSR count). The summed E-state index contributed by atoms with van der Waals surface area (Å²) in [6.07, 6.45) is 6.18. The lowest BCUT2D eigenvalue weighted by Gasteiger charge is -2.24. The first-order valence-electron chi connectivity index (χ1n) is 10.4. The van der Waals surface area contributed by atoms with Crippen LogP contribution in [-0.4, -0.2) is 57.7 Å². The second-order valence-electron chi connectivity index (χ2n) is 7.93. The van der Waals surface area contributed by atoms with Crippen LogP contribution in [0.2, 0.25) is 0 Å². The number of phenolic OH excluding ortho intramolecular Hbond substituents is 1. The number of rotatable bonds is 6. The molecule has 9 heteroatoms. The lowest BCUT2D eigenvalue weighted by molar-refractivity contribution is -0.111. The Morgan fingerprint density at radius 3 is 3.00 bits per heavy atom. The van der Waals surface area contributed by atoms with E-state index in [0.29, 0.717) is 41.1 Å². The van der Waals surface area contributed by atoms with Gasteiger partial charge >= 0.3 is 0 Å². The normalized spacial score (nSPS) is 20.3. The molecule has 0 spiro atoms. The number of amides is 1. The minimum Gasteiger partial charge on any atom is -0.506 e. The van der Waals surface area contributed by atoms with E-state index in [1.807, 2.05) is 30.3 Å². The maximum atomic E-state index is 12.4. The number of ether oxygens (including phenoxy) is 1. The quantitative estimate of drug-likeness (QED) is 0.353. The first-order chi connectivity index (χ1) is 15.5. The van der Waals surface area contributed by atoms with Crippen LogP contribution < -0.4 is 10.6 Å². The maximum Gasteiger partial charge on any atom is 0.248 e. The average Bonchev–Trinajstić information content (AvgIpc) is 3.38. The Hall–Kier alpha value is -3.01. The molecule has 2 saturated heterocycles. The number of carbonyl (C=O) groups is 1. The minimum absolute atomic E-state index is 0.0552. The Labute approximate surface area is 193 Å². The van der Waals surface area contributed by atoms with Crippen molar-refractivity contribution in [2.75, 3.05) is 30.3 Å². The van der Waals surface area contributed by atoms with Crippen molar-refractivity contribution in [3.8, 4) is 5.75 Å². The van der Waals surface area contributed by atoms with E-state index >= 15 is 0 Å². The molecule has 3 heterocycles. The van der Waals surface area contributed by atoms with E-state index in [2.05, 4.69) is 41.4 Å². The molecule has 0 radical (unpaired) electrons. The predicted octanol–water partition coefficient (Wildman–Crippen LogP) is 3.81. The summed E-state index contributed by atoms with van der Waals surface area (Å²) in [7, 11) is 0. The molecule has 164 valence electrons.